The number of thiol groups is 1. The van der Waals surface area contributed by atoms with Crippen LogP contribution in [0.15, 0.2) is 63.5 Å². The van der Waals surface area contributed by atoms with Crippen LogP contribution in [0.4, 0.5) is 5.69 Å². The van der Waals surface area contributed by atoms with E-state index in [2.05, 4.69) is 32.9 Å². The van der Waals surface area contributed by atoms with Crippen molar-refractivity contribution in [3.8, 4) is 5.69 Å². The molecule has 4 heterocycles. The van der Waals surface area contributed by atoms with Gasteiger partial charge < -0.3 is 5.32 Å². The highest BCUT2D eigenvalue weighted by Gasteiger charge is 2.24. The van der Waals surface area contributed by atoms with Crippen molar-refractivity contribution in [1.82, 2.24) is 24.1 Å². The molecule has 5 aromatic rings. The molecule has 7 rings (SSSR count). The van der Waals surface area contributed by atoms with Crippen molar-refractivity contribution >= 4 is 50.1 Å². The van der Waals surface area contributed by atoms with Gasteiger partial charge in [0.25, 0.3) is 11.1 Å². The monoisotopic (exact) mass is 572 g/mol. The van der Waals surface area contributed by atoms with E-state index in [1.54, 1.807) is 17.8 Å². The van der Waals surface area contributed by atoms with Gasteiger partial charge in [-0.2, -0.15) is 0 Å². The molecule has 0 aliphatic heterocycles. The number of hydrogen-bond donors (Lipinski definition) is 2. The number of nitrogens with zero attached hydrogens (tertiary/aromatic N) is 5. The number of aryl methyl sites for hydroxylation is 2. The van der Waals surface area contributed by atoms with Crippen LogP contribution in [0.25, 0.3) is 26.1 Å². The molecule has 1 N–H and O–H groups in total. The fraction of sp³-hybridized carbons (Fsp3) is 0.367. The topological polar surface area (TPSA) is 94.7 Å². The van der Waals surface area contributed by atoms with Gasteiger partial charge in [-0.3, -0.25) is 18.7 Å². The molecule has 206 valence electrons. The summed E-state index contributed by atoms with van der Waals surface area (Å²) in [6, 6.07) is 10.6. The van der Waals surface area contributed by atoms with Gasteiger partial charge >= 0.3 is 0 Å². The molecule has 0 spiro atoms. The molecule has 10 heteroatoms. The molecular formula is C30H32N6O2S2. The highest BCUT2D eigenvalue weighted by Crippen LogP contribution is 2.37. The fourth-order valence-corrected chi connectivity index (χ4v) is 6.50. The Labute approximate surface area is 241 Å². The first kappa shape index (κ1) is 26.7. The quantitative estimate of drug-likeness (QED) is 0.248. The zero-order valence-electron chi connectivity index (χ0n) is 22.6. The average molecular weight is 573 g/mol. The van der Waals surface area contributed by atoms with Gasteiger partial charge in [0.1, 0.15) is 15.4 Å². The minimum atomic E-state index is -0.139. The standard InChI is InChI=1S/C18H20N4OS.C12H12N2OS/c23-18-16-15(20-10-22(18)12-4-2-1-3-5-12)14-13(21-11-6-7-11)8-9-19-17(14)24-16;1-8-3-5-10(6-4-8)14-9(2)13-7-11(16)12(14)15/h8-12H,1-7H2,(H,19,21);3-7,16H,1-2H3. The smallest absolute Gasteiger partial charge is 0.271 e. The molecule has 0 atom stereocenters. The molecule has 2 aliphatic rings. The molecule has 2 saturated carbocycles. The van der Waals surface area contributed by atoms with Crippen LogP contribution >= 0.6 is 24.0 Å². The lowest BCUT2D eigenvalue weighted by Gasteiger charge is -2.23. The Bertz CT molecular complexity index is 1800. The zero-order valence-corrected chi connectivity index (χ0v) is 24.3. The third-order valence-electron chi connectivity index (χ3n) is 7.62. The van der Waals surface area contributed by atoms with E-state index in [0.717, 1.165) is 50.2 Å². The predicted octanol–water partition coefficient (Wildman–Crippen LogP) is 6.22. The lowest BCUT2D eigenvalue weighted by Crippen LogP contribution is -2.26. The van der Waals surface area contributed by atoms with Gasteiger partial charge in [-0.05, 0) is 57.7 Å². The van der Waals surface area contributed by atoms with E-state index < -0.39 is 0 Å². The lowest BCUT2D eigenvalue weighted by atomic mass is 9.95. The van der Waals surface area contributed by atoms with Crippen LogP contribution in [0.5, 0.6) is 0 Å². The number of rotatable bonds is 4. The van der Waals surface area contributed by atoms with Gasteiger partial charge in [0, 0.05) is 30.2 Å². The molecule has 0 unspecified atom stereocenters. The largest absolute Gasteiger partial charge is 0.382 e. The summed E-state index contributed by atoms with van der Waals surface area (Å²) >= 11 is 5.57. The molecule has 4 aromatic heterocycles. The molecule has 0 bridgehead atoms. The van der Waals surface area contributed by atoms with Crippen molar-refractivity contribution in [2.24, 2.45) is 0 Å². The van der Waals surface area contributed by atoms with Gasteiger partial charge in [-0.15, -0.1) is 24.0 Å². The molecule has 0 saturated heterocycles. The zero-order chi connectivity index (χ0) is 27.8. The number of aromatic nitrogens is 5. The minimum absolute atomic E-state index is 0.104. The summed E-state index contributed by atoms with van der Waals surface area (Å²) in [7, 11) is 0. The van der Waals surface area contributed by atoms with Crippen molar-refractivity contribution in [2.75, 3.05) is 5.32 Å². The second kappa shape index (κ2) is 11.2. The van der Waals surface area contributed by atoms with Gasteiger partial charge in [0.2, 0.25) is 0 Å². The molecule has 2 fully saturated rings. The summed E-state index contributed by atoms with van der Waals surface area (Å²) in [6.45, 7) is 3.81. The molecule has 8 nitrogen and oxygen atoms in total. The van der Waals surface area contributed by atoms with Crippen LogP contribution in [0, 0.1) is 13.8 Å². The average Bonchev–Trinajstić information content (AvgIpc) is 3.70. The number of benzene rings is 1. The SMILES string of the molecule is Cc1ccc(-n2c(C)ncc(S)c2=O)cc1.O=c1c2sc3nccc(NC4CC4)c3c2ncn1C1CCCCC1. The van der Waals surface area contributed by atoms with Crippen molar-refractivity contribution in [3.63, 3.8) is 0 Å². The van der Waals surface area contributed by atoms with Crippen LogP contribution in [-0.4, -0.2) is 30.1 Å². The predicted molar refractivity (Wildman–Crippen MR) is 165 cm³/mol. The Balaban J connectivity index is 0.000000158. The number of anilines is 1. The second-order valence-corrected chi connectivity index (χ2v) is 12.1. The summed E-state index contributed by atoms with van der Waals surface area (Å²) in [5.74, 6) is 0.659. The summed E-state index contributed by atoms with van der Waals surface area (Å²) in [4.78, 5) is 39.5. The molecular weight excluding hydrogens is 541 g/mol. The van der Waals surface area contributed by atoms with Gasteiger partial charge in [-0.25, -0.2) is 15.0 Å². The molecule has 1 aromatic carbocycles. The fourth-order valence-electron chi connectivity index (χ4n) is 5.28. The Morgan fingerprint density at radius 1 is 0.925 bits per heavy atom. The highest BCUT2D eigenvalue weighted by molar-refractivity contribution is 7.80. The van der Waals surface area contributed by atoms with E-state index in [9.17, 15) is 9.59 Å². The van der Waals surface area contributed by atoms with Crippen LogP contribution in [0.3, 0.4) is 0 Å². The van der Waals surface area contributed by atoms with E-state index in [1.165, 1.54) is 49.6 Å². The van der Waals surface area contributed by atoms with E-state index in [-0.39, 0.29) is 11.1 Å². The molecule has 2 aliphatic carbocycles. The Hall–Kier alpha value is -3.50. The van der Waals surface area contributed by atoms with Crippen molar-refractivity contribution in [1.29, 1.82) is 0 Å². The van der Waals surface area contributed by atoms with Crippen molar-refractivity contribution in [3.05, 3.63) is 81.1 Å². The van der Waals surface area contributed by atoms with Crippen LogP contribution in [0.2, 0.25) is 0 Å². The normalized spacial score (nSPS) is 15.7. The summed E-state index contributed by atoms with van der Waals surface area (Å²) < 4.78 is 4.17. The number of nitrogens with one attached hydrogen (secondary N) is 1. The van der Waals surface area contributed by atoms with E-state index in [4.69, 9.17) is 0 Å². The molecule has 40 heavy (non-hydrogen) atoms. The Morgan fingerprint density at radius 2 is 1.68 bits per heavy atom. The van der Waals surface area contributed by atoms with Crippen LogP contribution in [-0.2, 0) is 0 Å². The summed E-state index contributed by atoms with van der Waals surface area (Å²) in [5.41, 5.74) is 3.81. The van der Waals surface area contributed by atoms with Crippen molar-refractivity contribution < 1.29 is 0 Å². The number of thiophene rings is 1. The maximum absolute atomic E-state index is 13.0. The van der Waals surface area contributed by atoms with Crippen molar-refractivity contribution in [2.45, 2.75) is 75.8 Å². The first-order valence-corrected chi connectivity index (χ1v) is 15.1. The third-order valence-corrected chi connectivity index (χ3v) is 9.01. The van der Waals surface area contributed by atoms with Gasteiger partial charge in [0.15, 0.2) is 0 Å². The molecule has 0 radical (unpaired) electrons. The first-order valence-electron chi connectivity index (χ1n) is 13.8. The number of fused-ring (bicyclic) bond motifs is 3. The van der Waals surface area contributed by atoms with Crippen LogP contribution in [0.1, 0.15) is 62.4 Å². The second-order valence-electron chi connectivity index (χ2n) is 10.7. The maximum atomic E-state index is 13.0. The van der Waals surface area contributed by atoms with E-state index in [1.807, 2.05) is 48.0 Å². The Kier molecular flexibility index (Phi) is 7.46. The molecule has 0 amide bonds. The van der Waals surface area contributed by atoms with Crippen LogP contribution < -0.4 is 16.4 Å². The van der Waals surface area contributed by atoms with E-state index >= 15 is 0 Å². The third kappa shape index (κ3) is 5.30. The summed E-state index contributed by atoms with van der Waals surface area (Å²) in [5, 5.41) is 4.56. The van der Waals surface area contributed by atoms with Gasteiger partial charge in [0.05, 0.1) is 27.8 Å². The Morgan fingerprint density at radius 3 is 2.40 bits per heavy atom. The minimum Gasteiger partial charge on any atom is -0.382 e. The first-order chi connectivity index (χ1) is 19.4. The maximum Gasteiger partial charge on any atom is 0.271 e. The van der Waals surface area contributed by atoms with Gasteiger partial charge in [-0.1, -0.05) is 37.0 Å². The number of pyridine rings is 1. The number of hydrogen-bond acceptors (Lipinski definition) is 8. The highest BCUT2D eigenvalue weighted by atomic mass is 32.1. The lowest BCUT2D eigenvalue weighted by molar-refractivity contribution is 0.345. The summed E-state index contributed by atoms with van der Waals surface area (Å²) in [6.07, 6.45) is 13.4. The van der Waals surface area contributed by atoms with E-state index in [0.29, 0.717) is 22.8 Å².